The van der Waals surface area contributed by atoms with Crippen molar-refractivity contribution in [3.05, 3.63) is 84.9 Å². The van der Waals surface area contributed by atoms with Gasteiger partial charge in [-0.15, -0.1) is 0 Å². The SMILES string of the molecule is C=C(c1ccccc1)C(OC(C(=C)c1ccccc1)C1CCCCC1)C1CCCCC1. The fraction of sp³-hybridized carbons (Fsp3) is 0.467. The van der Waals surface area contributed by atoms with Crippen molar-refractivity contribution in [2.45, 2.75) is 76.4 Å². The van der Waals surface area contributed by atoms with Gasteiger partial charge >= 0.3 is 0 Å². The van der Waals surface area contributed by atoms with Gasteiger partial charge in [0.25, 0.3) is 0 Å². The number of ether oxygens (including phenoxy) is 1. The van der Waals surface area contributed by atoms with Gasteiger partial charge < -0.3 is 4.74 Å². The number of benzene rings is 2. The molecule has 0 bridgehead atoms. The summed E-state index contributed by atoms with van der Waals surface area (Å²) in [6.07, 6.45) is 13.0. The average Bonchev–Trinajstić information content (AvgIpc) is 2.86. The van der Waals surface area contributed by atoms with Gasteiger partial charge in [0.05, 0.1) is 12.2 Å². The Kier molecular flexibility index (Phi) is 7.81. The smallest absolute Gasteiger partial charge is 0.0861 e. The Morgan fingerprint density at radius 3 is 1.29 bits per heavy atom. The summed E-state index contributed by atoms with van der Waals surface area (Å²) < 4.78 is 7.16. The molecule has 0 amide bonds. The Morgan fingerprint density at radius 1 is 0.581 bits per heavy atom. The van der Waals surface area contributed by atoms with Crippen LogP contribution in [0.5, 0.6) is 0 Å². The zero-order valence-corrected chi connectivity index (χ0v) is 19.0. The lowest BCUT2D eigenvalue weighted by Gasteiger charge is -2.39. The van der Waals surface area contributed by atoms with Gasteiger partial charge in [-0.25, -0.2) is 0 Å². The Bertz CT molecular complexity index is 754. The maximum atomic E-state index is 7.16. The average molecular weight is 415 g/mol. The normalized spacial score (nSPS) is 20.1. The maximum Gasteiger partial charge on any atom is 0.0861 e. The third-order valence-corrected chi connectivity index (χ3v) is 7.43. The molecule has 2 aliphatic carbocycles. The minimum Gasteiger partial charge on any atom is -0.365 e. The highest BCUT2D eigenvalue weighted by atomic mass is 16.5. The molecular weight excluding hydrogens is 376 g/mol. The zero-order chi connectivity index (χ0) is 21.5. The van der Waals surface area contributed by atoms with Gasteiger partial charge in [-0.3, -0.25) is 0 Å². The largest absolute Gasteiger partial charge is 0.365 e. The van der Waals surface area contributed by atoms with Gasteiger partial charge in [-0.1, -0.05) is 112 Å². The second kappa shape index (κ2) is 11.0. The number of rotatable bonds is 8. The van der Waals surface area contributed by atoms with E-state index in [0.717, 1.165) is 11.1 Å². The van der Waals surface area contributed by atoms with Gasteiger partial charge in [-0.05, 0) is 59.8 Å². The molecule has 0 N–H and O–H groups in total. The van der Waals surface area contributed by atoms with E-state index in [1.54, 1.807) is 0 Å². The third kappa shape index (κ3) is 5.57. The molecule has 164 valence electrons. The fourth-order valence-corrected chi connectivity index (χ4v) is 5.62. The lowest BCUT2D eigenvalue weighted by atomic mass is 9.79. The van der Waals surface area contributed by atoms with E-state index in [4.69, 9.17) is 4.74 Å². The fourth-order valence-electron chi connectivity index (χ4n) is 5.62. The van der Waals surface area contributed by atoms with E-state index >= 15 is 0 Å². The van der Waals surface area contributed by atoms with Crippen molar-refractivity contribution in [2.24, 2.45) is 11.8 Å². The standard InChI is InChI=1S/C30H38O/c1-23(25-15-7-3-8-16-25)29(27-19-11-5-12-20-27)31-30(28-21-13-6-14-22-28)24(2)26-17-9-4-10-18-26/h3-4,7-10,15-18,27-30H,1-2,5-6,11-14,19-22H2. The lowest BCUT2D eigenvalue weighted by Crippen LogP contribution is -2.36. The van der Waals surface area contributed by atoms with Crippen LogP contribution in [0.1, 0.15) is 75.3 Å². The lowest BCUT2D eigenvalue weighted by molar-refractivity contribution is -0.0245. The van der Waals surface area contributed by atoms with Gasteiger partial charge in [0, 0.05) is 0 Å². The third-order valence-electron chi connectivity index (χ3n) is 7.43. The molecule has 0 aromatic heterocycles. The van der Waals surface area contributed by atoms with E-state index in [1.807, 2.05) is 0 Å². The molecule has 0 radical (unpaired) electrons. The van der Waals surface area contributed by atoms with E-state index < -0.39 is 0 Å². The summed E-state index contributed by atoms with van der Waals surface area (Å²) in [6.45, 7) is 9.15. The van der Waals surface area contributed by atoms with Crippen molar-refractivity contribution in [2.75, 3.05) is 0 Å². The van der Waals surface area contributed by atoms with Gasteiger partial charge in [0.2, 0.25) is 0 Å². The molecule has 2 aromatic rings. The van der Waals surface area contributed by atoms with Gasteiger partial charge in [-0.2, -0.15) is 0 Å². The Hall–Kier alpha value is -2.12. The molecule has 2 atom stereocenters. The van der Waals surface area contributed by atoms with Crippen LogP contribution in [0, 0.1) is 11.8 Å². The molecule has 1 nitrogen and oxygen atoms in total. The molecule has 0 heterocycles. The van der Waals surface area contributed by atoms with Crippen molar-refractivity contribution in [3.8, 4) is 0 Å². The van der Waals surface area contributed by atoms with E-state index in [-0.39, 0.29) is 12.2 Å². The highest BCUT2D eigenvalue weighted by Crippen LogP contribution is 2.40. The molecule has 2 aromatic carbocycles. The maximum absolute atomic E-state index is 7.16. The first-order valence-electron chi connectivity index (χ1n) is 12.4. The molecular formula is C30H38O. The Balaban J connectivity index is 1.63. The topological polar surface area (TPSA) is 9.23 Å². The summed E-state index contributed by atoms with van der Waals surface area (Å²) in [5, 5.41) is 0. The van der Waals surface area contributed by atoms with Crippen LogP contribution < -0.4 is 0 Å². The molecule has 0 saturated heterocycles. The van der Waals surface area contributed by atoms with Crippen molar-refractivity contribution in [1.29, 1.82) is 0 Å². The van der Waals surface area contributed by atoms with Gasteiger partial charge in [0.15, 0.2) is 0 Å². The molecule has 0 aliphatic heterocycles. The molecule has 4 rings (SSSR count). The Labute approximate surface area is 189 Å². The molecule has 2 fully saturated rings. The van der Waals surface area contributed by atoms with Crippen LogP contribution in [-0.4, -0.2) is 12.2 Å². The minimum absolute atomic E-state index is 0.0649. The van der Waals surface area contributed by atoms with Crippen LogP contribution in [0.4, 0.5) is 0 Å². The first-order chi connectivity index (χ1) is 15.2. The molecule has 31 heavy (non-hydrogen) atoms. The molecule has 0 spiro atoms. The number of hydrogen-bond donors (Lipinski definition) is 0. The van der Waals surface area contributed by atoms with Crippen molar-refractivity contribution in [3.63, 3.8) is 0 Å². The van der Waals surface area contributed by atoms with Crippen LogP contribution in [0.3, 0.4) is 0 Å². The van der Waals surface area contributed by atoms with Gasteiger partial charge in [0.1, 0.15) is 0 Å². The predicted molar refractivity (Wildman–Crippen MR) is 133 cm³/mol. The number of hydrogen-bond acceptors (Lipinski definition) is 1. The van der Waals surface area contributed by atoms with Crippen molar-refractivity contribution >= 4 is 11.1 Å². The second-order valence-electron chi connectivity index (χ2n) is 9.56. The molecule has 2 unspecified atom stereocenters. The van der Waals surface area contributed by atoms with Crippen LogP contribution in [0.25, 0.3) is 11.1 Å². The minimum atomic E-state index is 0.0649. The van der Waals surface area contributed by atoms with Crippen LogP contribution in [-0.2, 0) is 4.74 Å². The highest BCUT2D eigenvalue weighted by Gasteiger charge is 2.34. The summed E-state index contributed by atoms with van der Waals surface area (Å²) >= 11 is 0. The van der Waals surface area contributed by atoms with E-state index in [2.05, 4.69) is 73.8 Å². The van der Waals surface area contributed by atoms with E-state index in [1.165, 1.54) is 75.3 Å². The summed E-state index contributed by atoms with van der Waals surface area (Å²) in [5.41, 5.74) is 4.72. The highest BCUT2D eigenvalue weighted by molar-refractivity contribution is 5.69. The predicted octanol–water partition coefficient (Wildman–Crippen LogP) is 8.33. The summed E-state index contributed by atoms with van der Waals surface area (Å²) in [6, 6.07) is 21.3. The van der Waals surface area contributed by atoms with E-state index in [9.17, 15) is 0 Å². The second-order valence-corrected chi connectivity index (χ2v) is 9.56. The van der Waals surface area contributed by atoms with E-state index in [0.29, 0.717) is 11.8 Å². The van der Waals surface area contributed by atoms with Crippen LogP contribution in [0.2, 0.25) is 0 Å². The zero-order valence-electron chi connectivity index (χ0n) is 19.0. The molecule has 2 aliphatic rings. The Morgan fingerprint density at radius 2 is 0.935 bits per heavy atom. The molecule has 2 saturated carbocycles. The summed E-state index contributed by atoms with van der Waals surface area (Å²) in [7, 11) is 0. The first-order valence-corrected chi connectivity index (χ1v) is 12.4. The van der Waals surface area contributed by atoms with Crippen molar-refractivity contribution < 1.29 is 4.74 Å². The van der Waals surface area contributed by atoms with Crippen LogP contribution in [0.15, 0.2) is 73.8 Å². The van der Waals surface area contributed by atoms with Crippen molar-refractivity contribution in [1.82, 2.24) is 0 Å². The molecule has 1 heteroatoms. The van der Waals surface area contributed by atoms with Crippen LogP contribution >= 0.6 is 0 Å². The monoisotopic (exact) mass is 414 g/mol. The first kappa shape index (κ1) is 22.1. The summed E-state index contributed by atoms with van der Waals surface area (Å²) in [4.78, 5) is 0. The quantitative estimate of drug-likeness (QED) is 0.422. The summed E-state index contributed by atoms with van der Waals surface area (Å²) in [5.74, 6) is 1.10.